The molecule has 2 aliphatic rings. The molecule has 1 saturated heterocycles. The van der Waals surface area contributed by atoms with E-state index in [1.807, 2.05) is 50.2 Å². The average molecular weight is 467 g/mol. The fourth-order valence-electron chi connectivity index (χ4n) is 4.85. The molecular weight excluding hydrogens is 436 g/mol. The summed E-state index contributed by atoms with van der Waals surface area (Å²) in [7, 11) is 0. The fourth-order valence-corrected chi connectivity index (χ4v) is 4.85. The number of aliphatic carboxylic acids is 1. The number of nitrogens with zero attached hydrogens (tertiary/aromatic N) is 1. The second-order valence-corrected chi connectivity index (χ2v) is 9.50. The molecule has 8 heteroatoms. The van der Waals surface area contributed by atoms with Crippen molar-refractivity contribution in [2.24, 2.45) is 5.92 Å². The number of rotatable bonds is 7. The molecule has 1 unspecified atom stereocenters. The topological polar surface area (TPSA) is 116 Å². The molecule has 0 radical (unpaired) electrons. The molecule has 2 amide bonds. The Kier molecular flexibility index (Phi) is 6.61. The van der Waals surface area contributed by atoms with Gasteiger partial charge in [0, 0.05) is 18.9 Å². The van der Waals surface area contributed by atoms with E-state index in [4.69, 9.17) is 4.74 Å². The minimum atomic E-state index is -1.96. The number of aliphatic hydroxyl groups is 1. The lowest BCUT2D eigenvalue weighted by atomic mass is 9.98. The van der Waals surface area contributed by atoms with Crippen LogP contribution in [0.15, 0.2) is 48.5 Å². The van der Waals surface area contributed by atoms with Crippen LogP contribution in [-0.4, -0.2) is 64.4 Å². The number of carbonyl (C=O) groups excluding carboxylic acids is 2. The zero-order chi connectivity index (χ0) is 24.5. The standard InChI is InChI=1S/C26H30N2O6/c1-16(2)13-22(23(29)28-12-11-26(33,15-28)24(30)31)27-25(32)34-14-21-19-9-5-3-7-17(19)18-8-4-6-10-20(18)21/h3-10,16,21-22,33H,11-15H2,1-2H3,(H,27,32)(H,30,31)/t22-,26?/m1/s1. The number of amides is 2. The van der Waals surface area contributed by atoms with E-state index in [1.165, 1.54) is 4.90 Å². The Balaban J connectivity index is 1.42. The number of carboxylic acid groups (broad SMARTS) is 1. The van der Waals surface area contributed by atoms with Gasteiger partial charge in [-0.3, -0.25) is 4.79 Å². The van der Waals surface area contributed by atoms with Crippen LogP contribution >= 0.6 is 0 Å². The molecule has 0 spiro atoms. The lowest BCUT2D eigenvalue weighted by molar-refractivity contribution is -0.157. The SMILES string of the molecule is CC(C)C[C@@H](NC(=O)OCC1c2ccccc2-c2ccccc21)C(=O)N1CCC(O)(C(=O)O)C1. The first-order chi connectivity index (χ1) is 16.2. The van der Waals surface area contributed by atoms with Crippen LogP contribution in [0, 0.1) is 5.92 Å². The Morgan fingerprint density at radius 3 is 2.21 bits per heavy atom. The number of nitrogens with one attached hydrogen (secondary N) is 1. The smallest absolute Gasteiger partial charge is 0.407 e. The number of benzene rings is 2. The van der Waals surface area contributed by atoms with Crippen molar-refractivity contribution in [3.8, 4) is 11.1 Å². The van der Waals surface area contributed by atoms with E-state index in [2.05, 4.69) is 17.4 Å². The highest BCUT2D eigenvalue weighted by Gasteiger charge is 2.46. The highest BCUT2D eigenvalue weighted by atomic mass is 16.5. The van der Waals surface area contributed by atoms with Gasteiger partial charge in [-0.2, -0.15) is 0 Å². The Labute approximate surface area is 198 Å². The molecular formula is C26H30N2O6. The molecule has 1 fully saturated rings. The Morgan fingerprint density at radius 2 is 1.68 bits per heavy atom. The third-order valence-electron chi connectivity index (χ3n) is 6.60. The number of likely N-dealkylation sites (tertiary alicyclic amines) is 1. The Morgan fingerprint density at radius 1 is 1.09 bits per heavy atom. The largest absolute Gasteiger partial charge is 0.479 e. The number of hydrogen-bond acceptors (Lipinski definition) is 5. The van der Waals surface area contributed by atoms with Gasteiger partial charge in [-0.25, -0.2) is 9.59 Å². The van der Waals surface area contributed by atoms with Crippen molar-refractivity contribution in [3.63, 3.8) is 0 Å². The molecule has 34 heavy (non-hydrogen) atoms. The normalized spacial score (nSPS) is 20.1. The minimum absolute atomic E-state index is 0.0482. The highest BCUT2D eigenvalue weighted by molar-refractivity contribution is 5.88. The lowest BCUT2D eigenvalue weighted by Crippen LogP contribution is -2.50. The van der Waals surface area contributed by atoms with Gasteiger partial charge in [0.2, 0.25) is 5.91 Å². The van der Waals surface area contributed by atoms with Gasteiger partial charge in [0.1, 0.15) is 12.6 Å². The van der Waals surface area contributed by atoms with Gasteiger partial charge in [-0.1, -0.05) is 62.4 Å². The van der Waals surface area contributed by atoms with Gasteiger partial charge in [0.05, 0.1) is 6.54 Å². The molecule has 1 aliphatic heterocycles. The predicted octanol–water partition coefficient (Wildman–Crippen LogP) is 2.99. The Hall–Kier alpha value is -3.39. The van der Waals surface area contributed by atoms with Gasteiger partial charge in [0.25, 0.3) is 0 Å². The van der Waals surface area contributed by atoms with E-state index < -0.39 is 29.6 Å². The number of ether oxygens (including phenoxy) is 1. The summed E-state index contributed by atoms with van der Waals surface area (Å²) in [6, 6.07) is 15.2. The quantitative estimate of drug-likeness (QED) is 0.578. The fraction of sp³-hybridized carbons (Fsp3) is 0.423. The van der Waals surface area contributed by atoms with Crippen LogP contribution in [0.1, 0.15) is 43.7 Å². The summed E-state index contributed by atoms with van der Waals surface area (Å²) in [5, 5.41) is 22.1. The van der Waals surface area contributed by atoms with Crippen LogP contribution in [0.3, 0.4) is 0 Å². The van der Waals surface area contributed by atoms with Crippen molar-refractivity contribution < 1.29 is 29.3 Å². The first-order valence-electron chi connectivity index (χ1n) is 11.6. The molecule has 2 aromatic carbocycles. The second kappa shape index (κ2) is 9.46. The van der Waals surface area contributed by atoms with Gasteiger partial charge in [-0.15, -0.1) is 0 Å². The van der Waals surface area contributed by atoms with E-state index >= 15 is 0 Å². The van der Waals surface area contributed by atoms with Gasteiger partial charge in [-0.05, 0) is 34.6 Å². The van der Waals surface area contributed by atoms with Crippen molar-refractivity contribution in [3.05, 3.63) is 59.7 Å². The maximum Gasteiger partial charge on any atom is 0.407 e. The van der Waals surface area contributed by atoms with Crippen LogP contribution in [-0.2, 0) is 14.3 Å². The average Bonchev–Trinajstić information content (AvgIpc) is 3.36. The molecule has 0 saturated carbocycles. The second-order valence-electron chi connectivity index (χ2n) is 9.50. The first kappa shape index (κ1) is 23.8. The molecule has 2 atom stereocenters. The maximum absolute atomic E-state index is 13.1. The summed E-state index contributed by atoms with van der Waals surface area (Å²) in [5.74, 6) is -1.77. The number of alkyl carbamates (subject to hydrolysis) is 1. The molecule has 4 rings (SSSR count). The molecule has 0 aromatic heterocycles. The number of carboxylic acids is 1. The van der Waals surface area contributed by atoms with Crippen LogP contribution in [0.5, 0.6) is 0 Å². The van der Waals surface area contributed by atoms with Crippen molar-refractivity contribution in [2.75, 3.05) is 19.7 Å². The number of hydrogen-bond donors (Lipinski definition) is 3. The van der Waals surface area contributed by atoms with Crippen LogP contribution < -0.4 is 5.32 Å². The molecule has 8 nitrogen and oxygen atoms in total. The monoisotopic (exact) mass is 466 g/mol. The van der Waals surface area contributed by atoms with Gasteiger partial charge < -0.3 is 25.2 Å². The van der Waals surface area contributed by atoms with Crippen LogP contribution in [0.25, 0.3) is 11.1 Å². The van der Waals surface area contributed by atoms with Crippen molar-refractivity contribution in [1.82, 2.24) is 10.2 Å². The summed E-state index contributed by atoms with van der Waals surface area (Å²) in [5.41, 5.74) is 2.48. The Bertz CT molecular complexity index is 1050. The van der Waals surface area contributed by atoms with Crippen molar-refractivity contribution in [1.29, 1.82) is 0 Å². The number of fused-ring (bicyclic) bond motifs is 3. The minimum Gasteiger partial charge on any atom is -0.479 e. The van der Waals surface area contributed by atoms with E-state index in [0.29, 0.717) is 6.42 Å². The maximum atomic E-state index is 13.1. The third kappa shape index (κ3) is 4.63. The first-order valence-corrected chi connectivity index (χ1v) is 11.6. The number of carbonyl (C=O) groups is 3. The zero-order valence-electron chi connectivity index (χ0n) is 19.4. The van der Waals surface area contributed by atoms with Crippen molar-refractivity contribution >= 4 is 18.0 Å². The lowest BCUT2D eigenvalue weighted by Gasteiger charge is -2.26. The van der Waals surface area contributed by atoms with E-state index in [-0.39, 0.29) is 38.0 Å². The highest BCUT2D eigenvalue weighted by Crippen LogP contribution is 2.44. The van der Waals surface area contributed by atoms with Gasteiger partial charge in [0.15, 0.2) is 5.60 Å². The molecule has 180 valence electrons. The zero-order valence-corrected chi connectivity index (χ0v) is 19.4. The molecule has 1 heterocycles. The van der Waals surface area contributed by atoms with E-state index in [9.17, 15) is 24.6 Å². The predicted molar refractivity (Wildman–Crippen MR) is 125 cm³/mol. The summed E-state index contributed by atoms with van der Waals surface area (Å²) in [6.45, 7) is 3.80. The van der Waals surface area contributed by atoms with Gasteiger partial charge >= 0.3 is 12.1 Å². The molecule has 1 aliphatic carbocycles. The van der Waals surface area contributed by atoms with E-state index in [1.54, 1.807) is 0 Å². The molecule has 3 N–H and O–H groups in total. The van der Waals surface area contributed by atoms with E-state index in [0.717, 1.165) is 22.3 Å². The third-order valence-corrected chi connectivity index (χ3v) is 6.60. The summed E-state index contributed by atoms with van der Waals surface area (Å²) in [4.78, 5) is 38.4. The molecule has 0 bridgehead atoms. The summed E-state index contributed by atoms with van der Waals surface area (Å²) < 4.78 is 5.58. The van der Waals surface area contributed by atoms with Crippen LogP contribution in [0.2, 0.25) is 0 Å². The number of β-amino-alcohol motifs (C(OH)–C–C–N with tert-alkyl or cyclic N) is 1. The summed E-state index contributed by atoms with van der Waals surface area (Å²) in [6.07, 6.45) is -0.383. The molecule has 2 aromatic rings. The van der Waals surface area contributed by atoms with Crippen LogP contribution in [0.4, 0.5) is 4.79 Å². The summed E-state index contributed by atoms with van der Waals surface area (Å²) >= 11 is 0. The van der Waals surface area contributed by atoms with Crippen molar-refractivity contribution in [2.45, 2.75) is 44.2 Å².